The fraction of sp³-hybridized carbons (Fsp3) is 0.926. The molecule has 5 atom stereocenters. The van der Waals surface area contributed by atoms with E-state index in [2.05, 4.69) is 0 Å². The van der Waals surface area contributed by atoms with Crippen LogP contribution in [0.4, 0.5) is 4.39 Å². The Morgan fingerprint density at radius 2 is 1.64 bits per heavy atom. The van der Waals surface area contributed by atoms with E-state index in [4.69, 9.17) is 18.9 Å². The summed E-state index contributed by atoms with van der Waals surface area (Å²) in [6.45, 7) is 2.87. The first-order chi connectivity index (χ1) is 18.2. The maximum absolute atomic E-state index is 14.9. The number of carbonyl (C=O) groups excluding carboxylic acids is 2. The Bertz CT molecular complexity index is 1030. The van der Waals surface area contributed by atoms with Crippen LogP contribution in [0.1, 0.15) is 104 Å². The predicted octanol–water partition coefficient (Wildman–Crippen LogP) is 3.78. The molecular weight excluding hydrogens is 535 g/mol. The highest BCUT2D eigenvalue weighted by molar-refractivity contribution is 7.87. The van der Waals surface area contributed by atoms with E-state index in [-0.39, 0.29) is 25.6 Å². The molecule has 0 heterocycles. The molecule has 0 aromatic rings. The van der Waals surface area contributed by atoms with Crippen molar-refractivity contribution in [3.63, 3.8) is 0 Å². The number of aliphatic hydroxyl groups is 1. The van der Waals surface area contributed by atoms with E-state index in [0.717, 1.165) is 32.1 Å². The first-order valence-electron chi connectivity index (χ1n) is 14.2. The van der Waals surface area contributed by atoms with E-state index in [1.165, 1.54) is 0 Å². The normalized spacial score (nSPS) is 34.8. The average molecular weight is 579 g/mol. The Morgan fingerprint density at radius 3 is 2.23 bits per heavy atom. The number of carbonyl (C=O) groups is 2. The highest BCUT2D eigenvalue weighted by Gasteiger charge is 2.64. The fourth-order valence-corrected chi connectivity index (χ4v) is 8.37. The molecule has 0 aromatic heterocycles. The lowest BCUT2D eigenvalue weighted by molar-refractivity contribution is -0.281. The summed E-state index contributed by atoms with van der Waals surface area (Å²) < 4.78 is 70.3. The number of alkyl halides is 1. The molecule has 5 unspecified atom stereocenters. The van der Waals surface area contributed by atoms with E-state index in [9.17, 15) is 32.1 Å². The van der Waals surface area contributed by atoms with Gasteiger partial charge in [-0.2, -0.15) is 8.42 Å². The average Bonchev–Trinajstić information content (AvgIpc) is 2.82. The molecule has 0 spiro atoms. The Kier molecular flexibility index (Phi) is 8.75. The minimum Gasteiger partial charge on any atom is -0.460 e. The van der Waals surface area contributed by atoms with Crippen molar-refractivity contribution in [1.29, 1.82) is 0 Å². The van der Waals surface area contributed by atoms with E-state index in [1.54, 1.807) is 6.92 Å². The molecule has 10 nitrogen and oxygen atoms in total. The second-order valence-corrected chi connectivity index (χ2v) is 14.3. The van der Waals surface area contributed by atoms with E-state index >= 15 is 0 Å². The van der Waals surface area contributed by atoms with Gasteiger partial charge in [0, 0.05) is 25.7 Å². The molecule has 0 aromatic carbocycles. The zero-order valence-electron chi connectivity index (χ0n) is 23.0. The molecule has 0 aliphatic heterocycles. The Balaban J connectivity index is 1.34. The van der Waals surface area contributed by atoms with Gasteiger partial charge in [0.2, 0.25) is 0 Å². The van der Waals surface area contributed by atoms with Gasteiger partial charge < -0.3 is 24.1 Å². The van der Waals surface area contributed by atoms with Crippen LogP contribution in [-0.2, 0) is 38.7 Å². The second-order valence-electron chi connectivity index (χ2n) is 12.7. The number of unbranched alkanes of at least 4 members (excludes halogenated alkanes) is 1. The molecule has 12 heteroatoms. The van der Waals surface area contributed by atoms with Gasteiger partial charge in [-0.15, -0.1) is 0 Å². The molecule has 0 saturated heterocycles. The Hall–Kier alpha value is -1.34. The van der Waals surface area contributed by atoms with Crippen molar-refractivity contribution in [2.45, 2.75) is 131 Å². The van der Waals surface area contributed by atoms with Crippen molar-refractivity contribution in [1.82, 2.24) is 0 Å². The summed E-state index contributed by atoms with van der Waals surface area (Å²) in [7, 11) is -5.32. The van der Waals surface area contributed by atoms with Crippen LogP contribution in [-0.4, -0.2) is 77.2 Å². The molecule has 5 aliphatic rings. The number of esters is 2. The van der Waals surface area contributed by atoms with E-state index in [1.807, 2.05) is 6.92 Å². The third kappa shape index (κ3) is 6.77. The van der Waals surface area contributed by atoms with Crippen LogP contribution in [0.5, 0.6) is 0 Å². The molecule has 5 rings (SSSR count). The lowest BCUT2D eigenvalue weighted by Crippen LogP contribution is -2.67. The van der Waals surface area contributed by atoms with Crippen LogP contribution in [0.3, 0.4) is 0 Å². The largest absolute Gasteiger partial charge is 0.460 e. The molecule has 0 amide bonds. The third-order valence-corrected chi connectivity index (χ3v) is 10.2. The topological polar surface area (TPSA) is 146 Å². The van der Waals surface area contributed by atoms with Crippen LogP contribution < -0.4 is 0 Å². The monoisotopic (exact) mass is 578 g/mol. The smallest absolute Gasteiger partial charge is 0.362 e. The van der Waals surface area contributed by atoms with E-state index < -0.39 is 62.5 Å². The molecular formula is C27H43FO10S. The number of rotatable bonds is 13. The summed E-state index contributed by atoms with van der Waals surface area (Å²) in [6, 6.07) is 0. The Labute approximate surface area is 230 Å². The van der Waals surface area contributed by atoms with Crippen molar-refractivity contribution < 1.29 is 51.0 Å². The predicted molar refractivity (Wildman–Crippen MR) is 137 cm³/mol. The van der Waals surface area contributed by atoms with Crippen LogP contribution in [0.2, 0.25) is 0 Å². The van der Waals surface area contributed by atoms with Gasteiger partial charge in [-0.05, 0) is 64.2 Å². The number of ether oxygens (including phenoxy) is 4. The minimum atomic E-state index is -5.32. The van der Waals surface area contributed by atoms with E-state index in [0.29, 0.717) is 44.9 Å². The van der Waals surface area contributed by atoms with Gasteiger partial charge in [0.15, 0.2) is 0 Å². The molecule has 5 saturated carbocycles. The second kappa shape index (κ2) is 11.2. The summed E-state index contributed by atoms with van der Waals surface area (Å²) in [5, 5.41) is 7.79. The highest BCUT2D eigenvalue weighted by atomic mass is 32.2. The van der Waals surface area contributed by atoms with Gasteiger partial charge in [0.05, 0.1) is 23.4 Å². The molecule has 4 bridgehead atoms. The molecule has 2 N–H and O–H groups in total. The standard InChI is InChI=1S/C27H43FO10S/c1-3-4-10-27(28,39(32,33)34)22(30)35-11-12-36-25-14-20-13-24(31,17-25)18-26(15-20,19-25)37-16-21(29)38-23(2)8-6-5-7-9-23/h20,31H,3-19H2,1-2H3,(H,32,33,34). The zero-order valence-corrected chi connectivity index (χ0v) is 23.9. The first-order valence-corrected chi connectivity index (χ1v) is 15.6. The molecule has 224 valence electrons. The van der Waals surface area contributed by atoms with Gasteiger partial charge in [0.1, 0.15) is 18.8 Å². The van der Waals surface area contributed by atoms with Crippen molar-refractivity contribution in [2.24, 2.45) is 5.92 Å². The summed E-state index contributed by atoms with van der Waals surface area (Å²) in [6.07, 6.45) is 7.78. The van der Waals surface area contributed by atoms with Crippen LogP contribution in [0, 0.1) is 5.92 Å². The van der Waals surface area contributed by atoms with Gasteiger partial charge in [-0.3, -0.25) is 4.55 Å². The van der Waals surface area contributed by atoms with Gasteiger partial charge in [-0.25, -0.2) is 14.0 Å². The first kappa shape index (κ1) is 30.6. The van der Waals surface area contributed by atoms with Gasteiger partial charge >= 0.3 is 27.1 Å². The zero-order chi connectivity index (χ0) is 28.6. The van der Waals surface area contributed by atoms with Crippen molar-refractivity contribution in [3.05, 3.63) is 0 Å². The van der Waals surface area contributed by atoms with Crippen molar-refractivity contribution >= 4 is 22.1 Å². The molecule has 39 heavy (non-hydrogen) atoms. The SMILES string of the molecule is CCCCC(F)(C(=O)OCCOC12CC3CC(O)(C1)CC(OCC(=O)OC1(C)CCCCC1)(C3)C2)S(=O)(=O)O. The number of hydrogen-bond acceptors (Lipinski definition) is 9. The molecule has 0 radical (unpaired) electrons. The van der Waals surface area contributed by atoms with Gasteiger partial charge in [0.25, 0.3) is 0 Å². The summed E-state index contributed by atoms with van der Waals surface area (Å²) >= 11 is 0. The van der Waals surface area contributed by atoms with Gasteiger partial charge in [-0.1, -0.05) is 19.8 Å². The van der Waals surface area contributed by atoms with Crippen molar-refractivity contribution in [2.75, 3.05) is 19.8 Å². The summed E-state index contributed by atoms with van der Waals surface area (Å²) in [4.78, 5) is 24.9. The molecule has 5 aliphatic carbocycles. The number of hydrogen-bond donors (Lipinski definition) is 2. The fourth-order valence-electron chi connectivity index (χ4n) is 7.69. The lowest BCUT2D eigenvalue weighted by Gasteiger charge is -2.64. The van der Waals surface area contributed by atoms with Crippen LogP contribution in [0.15, 0.2) is 0 Å². The third-order valence-electron chi connectivity index (χ3n) is 8.99. The van der Waals surface area contributed by atoms with Crippen molar-refractivity contribution in [3.8, 4) is 0 Å². The maximum Gasteiger partial charge on any atom is 0.362 e. The summed E-state index contributed by atoms with van der Waals surface area (Å²) in [5.41, 5.74) is -3.02. The quantitative estimate of drug-likeness (QED) is 0.188. The maximum atomic E-state index is 14.9. The minimum absolute atomic E-state index is 0.0693. The number of halogens is 1. The molecule has 5 fully saturated rings. The Morgan fingerprint density at radius 1 is 1.00 bits per heavy atom. The van der Waals surface area contributed by atoms with Crippen LogP contribution in [0.25, 0.3) is 0 Å². The summed E-state index contributed by atoms with van der Waals surface area (Å²) in [5.74, 6) is -1.97. The lowest BCUT2D eigenvalue weighted by atomic mass is 9.50. The van der Waals surface area contributed by atoms with Crippen LogP contribution >= 0.6 is 0 Å². The highest BCUT2D eigenvalue weighted by Crippen LogP contribution is 2.61.